The number of aryl methyl sites for hydroxylation is 1. The zero-order valence-corrected chi connectivity index (χ0v) is 15.4. The van der Waals surface area contributed by atoms with Crippen LogP contribution in [0.4, 0.5) is 0 Å². The van der Waals surface area contributed by atoms with Crippen molar-refractivity contribution in [3.05, 3.63) is 65.8 Å². The Bertz CT molecular complexity index is 789. The first-order valence-electron chi connectivity index (χ1n) is 8.70. The Hall–Kier alpha value is -2.47. The summed E-state index contributed by atoms with van der Waals surface area (Å²) in [5, 5.41) is 7.84. The van der Waals surface area contributed by atoms with Gasteiger partial charge in [0.05, 0.1) is 5.69 Å². The average Bonchev–Trinajstić information content (AvgIpc) is 3.16. The van der Waals surface area contributed by atoms with Gasteiger partial charge in [-0.3, -0.25) is 14.6 Å². The maximum atomic E-state index is 4.49. The van der Waals surface area contributed by atoms with Crippen LogP contribution < -0.4 is 0 Å². The highest BCUT2D eigenvalue weighted by Gasteiger charge is 2.15. The summed E-state index contributed by atoms with van der Waals surface area (Å²) in [6.45, 7) is 11.6. The van der Waals surface area contributed by atoms with Gasteiger partial charge in [-0.15, -0.1) is 10.2 Å². The highest BCUT2D eigenvalue weighted by Crippen LogP contribution is 2.19. The van der Waals surface area contributed by atoms with E-state index in [2.05, 4.69) is 64.6 Å². The highest BCUT2D eigenvalue weighted by atomic mass is 15.5. The summed E-state index contributed by atoms with van der Waals surface area (Å²) in [5.74, 6) is 0.602. The molecule has 3 aromatic rings. The smallest absolute Gasteiger partial charge is 0.139 e. The quantitative estimate of drug-likeness (QED) is 0.664. The van der Waals surface area contributed by atoms with E-state index in [1.54, 1.807) is 12.7 Å². The minimum absolute atomic E-state index is 0.602. The van der Waals surface area contributed by atoms with E-state index in [1.807, 2.05) is 23.0 Å². The lowest BCUT2D eigenvalue weighted by molar-refractivity contribution is 0.224. The molecule has 0 N–H and O–H groups in total. The van der Waals surface area contributed by atoms with Crippen molar-refractivity contribution in [1.82, 2.24) is 29.4 Å². The van der Waals surface area contributed by atoms with Crippen LogP contribution in [-0.2, 0) is 13.1 Å². The van der Waals surface area contributed by atoms with E-state index < -0.39 is 0 Å². The number of hydrogen-bond donors (Lipinski definition) is 0. The van der Waals surface area contributed by atoms with Crippen LogP contribution in [0.15, 0.2) is 43.1 Å². The molecule has 0 unspecified atom stereocenters. The fraction of sp³-hybridized carbons (Fsp3) is 0.421. The second kappa shape index (κ2) is 7.61. The van der Waals surface area contributed by atoms with Gasteiger partial charge in [0.1, 0.15) is 12.7 Å². The Kier molecular flexibility index (Phi) is 5.28. The van der Waals surface area contributed by atoms with Crippen LogP contribution in [-0.4, -0.2) is 36.0 Å². The van der Waals surface area contributed by atoms with Crippen molar-refractivity contribution in [3.8, 4) is 0 Å². The summed E-state index contributed by atoms with van der Waals surface area (Å²) in [7, 11) is 0. The lowest BCUT2D eigenvalue weighted by Gasteiger charge is -2.24. The lowest BCUT2D eigenvalue weighted by atomic mass is 10.1. The molecule has 0 aromatic carbocycles. The van der Waals surface area contributed by atoms with Gasteiger partial charge in [0.25, 0.3) is 0 Å². The Morgan fingerprint density at radius 2 is 1.84 bits per heavy atom. The maximum absolute atomic E-state index is 4.49. The van der Waals surface area contributed by atoms with Crippen LogP contribution in [0.25, 0.3) is 0 Å². The third kappa shape index (κ3) is 4.14. The van der Waals surface area contributed by atoms with E-state index >= 15 is 0 Å². The van der Waals surface area contributed by atoms with E-state index in [-0.39, 0.29) is 0 Å². The van der Waals surface area contributed by atoms with Gasteiger partial charge in [0.15, 0.2) is 0 Å². The average molecular weight is 338 g/mol. The third-order valence-electron chi connectivity index (χ3n) is 4.27. The summed E-state index contributed by atoms with van der Waals surface area (Å²) < 4.78 is 4.06. The minimum atomic E-state index is 0.602. The maximum Gasteiger partial charge on any atom is 0.139 e. The molecule has 0 atom stereocenters. The molecule has 0 aliphatic heterocycles. The van der Waals surface area contributed by atoms with Crippen LogP contribution >= 0.6 is 0 Å². The molecule has 0 radical (unpaired) electrons. The van der Waals surface area contributed by atoms with E-state index in [0.29, 0.717) is 5.92 Å². The fourth-order valence-corrected chi connectivity index (χ4v) is 3.30. The molecule has 132 valence electrons. The molecule has 3 aromatic heterocycles. The normalized spacial score (nSPS) is 11.6. The molecule has 0 aliphatic rings. The van der Waals surface area contributed by atoms with Crippen molar-refractivity contribution in [2.75, 3.05) is 6.54 Å². The highest BCUT2D eigenvalue weighted by molar-refractivity contribution is 5.27. The van der Waals surface area contributed by atoms with Crippen LogP contribution in [0.3, 0.4) is 0 Å². The predicted molar refractivity (Wildman–Crippen MR) is 97.9 cm³/mol. The molecular formula is C19H26N6. The molecule has 0 fully saturated rings. The summed E-state index contributed by atoms with van der Waals surface area (Å²) >= 11 is 0. The zero-order chi connectivity index (χ0) is 17.8. The predicted octanol–water partition coefficient (Wildman–Crippen LogP) is 3.06. The van der Waals surface area contributed by atoms with E-state index in [9.17, 15) is 0 Å². The van der Waals surface area contributed by atoms with Crippen molar-refractivity contribution in [3.63, 3.8) is 0 Å². The van der Waals surface area contributed by atoms with Crippen molar-refractivity contribution in [2.45, 2.75) is 40.8 Å². The van der Waals surface area contributed by atoms with Gasteiger partial charge in [-0.2, -0.15) is 0 Å². The summed E-state index contributed by atoms with van der Waals surface area (Å²) in [6, 6.07) is 8.35. The first-order valence-corrected chi connectivity index (χ1v) is 8.70. The number of pyridine rings is 1. The molecular weight excluding hydrogens is 312 g/mol. The fourth-order valence-electron chi connectivity index (χ4n) is 3.30. The van der Waals surface area contributed by atoms with Crippen molar-refractivity contribution < 1.29 is 0 Å². The van der Waals surface area contributed by atoms with Gasteiger partial charge in [0, 0.05) is 37.2 Å². The largest absolute Gasteiger partial charge is 0.293 e. The molecule has 0 aliphatic carbocycles. The molecule has 6 heteroatoms. The molecule has 0 saturated carbocycles. The number of hydrogen-bond acceptors (Lipinski definition) is 4. The zero-order valence-electron chi connectivity index (χ0n) is 15.4. The van der Waals surface area contributed by atoms with Crippen molar-refractivity contribution in [2.24, 2.45) is 5.92 Å². The first kappa shape index (κ1) is 17.4. The first-order chi connectivity index (χ1) is 12.0. The standard InChI is InChI=1S/C19H26N6/c1-15(2)10-23(12-19-7-5-6-8-20-19)11-18-9-16(3)25(17(18)4)24-13-21-22-14-24/h5-9,13-15H,10-12H2,1-4H3. The third-order valence-corrected chi connectivity index (χ3v) is 4.27. The molecule has 0 amide bonds. The van der Waals surface area contributed by atoms with Crippen LogP contribution in [0.1, 0.15) is 36.5 Å². The number of nitrogens with zero attached hydrogens (tertiary/aromatic N) is 6. The molecule has 0 saturated heterocycles. The van der Waals surface area contributed by atoms with E-state index in [4.69, 9.17) is 0 Å². The van der Waals surface area contributed by atoms with Gasteiger partial charge in [0.2, 0.25) is 0 Å². The second-order valence-corrected chi connectivity index (χ2v) is 6.93. The Morgan fingerprint density at radius 3 is 2.48 bits per heavy atom. The Morgan fingerprint density at radius 1 is 1.08 bits per heavy atom. The van der Waals surface area contributed by atoms with E-state index in [0.717, 1.165) is 25.3 Å². The molecule has 6 nitrogen and oxygen atoms in total. The summed E-state index contributed by atoms with van der Waals surface area (Å²) in [6.07, 6.45) is 5.31. The number of aromatic nitrogens is 5. The second-order valence-electron chi connectivity index (χ2n) is 6.93. The van der Waals surface area contributed by atoms with Gasteiger partial charge in [-0.1, -0.05) is 19.9 Å². The Labute approximate surface area is 149 Å². The molecule has 3 heterocycles. The molecule has 25 heavy (non-hydrogen) atoms. The Balaban J connectivity index is 1.83. The van der Waals surface area contributed by atoms with Crippen molar-refractivity contribution >= 4 is 0 Å². The van der Waals surface area contributed by atoms with E-state index in [1.165, 1.54) is 17.0 Å². The molecule has 0 spiro atoms. The minimum Gasteiger partial charge on any atom is -0.293 e. The van der Waals surface area contributed by atoms with Gasteiger partial charge >= 0.3 is 0 Å². The monoisotopic (exact) mass is 338 g/mol. The summed E-state index contributed by atoms with van der Waals surface area (Å²) in [4.78, 5) is 6.95. The van der Waals surface area contributed by atoms with Crippen LogP contribution in [0, 0.1) is 19.8 Å². The lowest BCUT2D eigenvalue weighted by Crippen LogP contribution is -2.27. The molecule has 0 bridgehead atoms. The number of rotatable bonds is 7. The van der Waals surface area contributed by atoms with Gasteiger partial charge < -0.3 is 0 Å². The van der Waals surface area contributed by atoms with Gasteiger partial charge in [-0.25, -0.2) is 4.68 Å². The van der Waals surface area contributed by atoms with Crippen molar-refractivity contribution in [1.29, 1.82) is 0 Å². The van der Waals surface area contributed by atoms with Crippen LogP contribution in [0.2, 0.25) is 0 Å². The topological polar surface area (TPSA) is 51.8 Å². The van der Waals surface area contributed by atoms with Crippen LogP contribution in [0.5, 0.6) is 0 Å². The summed E-state index contributed by atoms with van der Waals surface area (Å²) in [5.41, 5.74) is 4.82. The molecule has 3 rings (SSSR count). The SMILES string of the molecule is Cc1cc(CN(Cc2ccccn2)CC(C)C)c(C)n1-n1cnnc1. The van der Waals surface area contributed by atoms with Gasteiger partial charge in [-0.05, 0) is 43.5 Å².